The number of hydrogen-bond donors (Lipinski definition) is 1. The second-order valence-electron chi connectivity index (χ2n) is 7.74. The Kier molecular flexibility index (Phi) is 7.69. The zero-order valence-corrected chi connectivity index (χ0v) is 18.6. The van der Waals surface area contributed by atoms with Crippen LogP contribution < -0.4 is 10.2 Å². The molecule has 0 aromatic heterocycles. The van der Waals surface area contributed by atoms with Crippen LogP contribution in [0.2, 0.25) is 5.02 Å². The van der Waals surface area contributed by atoms with Crippen LogP contribution in [0.5, 0.6) is 0 Å². The number of nitrogens with one attached hydrogen (secondary N) is 1. The molecule has 1 atom stereocenters. The molecule has 7 heteroatoms. The van der Waals surface area contributed by atoms with Gasteiger partial charge in [0, 0.05) is 29.4 Å². The smallest absolute Gasteiger partial charge is 0.311 e. The van der Waals surface area contributed by atoms with Crippen molar-refractivity contribution in [1.29, 1.82) is 0 Å². The first-order valence-electron chi connectivity index (χ1n) is 10.5. The lowest BCUT2D eigenvalue weighted by Crippen LogP contribution is -2.28. The Morgan fingerprint density at radius 2 is 1.94 bits per heavy atom. The first kappa shape index (κ1) is 22.8. The van der Waals surface area contributed by atoms with Crippen LogP contribution >= 0.6 is 11.6 Å². The molecule has 3 rings (SSSR count). The van der Waals surface area contributed by atoms with Crippen LogP contribution in [0, 0.1) is 12.8 Å². The Hall–Kier alpha value is -2.86. The maximum absolute atomic E-state index is 12.4. The minimum Gasteiger partial charge on any atom is -0.455 e. The Morgan fingerprint density at radius 1 is 1.19 bits per heavy atom. The molecule has 1 aliphatic rings. The van der Waals surface area contributed by atoms with E-state index in [0.717, 1.165) is 30.5 Å². The number of rotatable bonds is 8. The number of anilines is 2. The predicted molar refractivity (Wildman–Crippen MR) is 121 cm³/mol. The van der Waals surface area contributed by atoms with Crippen LogP contribution in [-0.2, 0) is 25.5 Å². The third-order valence-electron chi connectivity index (χ3n) is 5.41. The average molecular weight is 443 g/mol. The molecule has 0 aliphatic carbocycles. The normalized spacial score (nSPS) is 15.8. The molecule has 0 unspecified atom stereocenters. The predicted octanol–water partition coefficient (Wildman–Crippen LogP) is 4.53. The van der Waals surface area contributed by atoms with Gasteiger partial charge in [0.1, 0.15) is 0 Å². The van der Waals surface area contributed by atoms with Crippen molar-refractivity contribution in [2.24, 2.45) is 5.92 Å². The molecule has 2 amide bonds. The highest BCUT2D eigenvalue weighted by atomic mass is 35.5. The minimum atomic E-state index is -0.590. The molecule has 0 radical (unpaired) electrons. The molecule has 164 valence electrons. The van der Waals surface area contributed by atoms with Crippen molar-refractivity contribution < 1.29 is 19.1 Å². The Bertz CT molecular complexity index is 959. The third kappa shape index (κ3) is 5.85. The zero-order chi connectivity index (χ0) is 22.4. The van der Waals surface area contributed by atoms with Crippen LogP contribution in [0.25, 0.3) is 0 Å². The maximum atomic E-state index is 12.4. The van der Waals surface area contributed by atoms with E-state index in [4.69, 9.17) is 16.3 Å². The molecular weight excluding hydrogens is 416 g/mol. The Labute approximate surface area is 187 Å². The Balaban J connectivity index is 1.51. The number of esters is 1. The summed E-state index contributed by atoms with van der Waals surface area (Å²) < 4.78 is 5.16. The summed E-state index contributed by atoms with van der Waals surface area (Å²) in [4.78, 5) is 38.6. The summed E-state index contributed by atoms with van der Waals surface area (Å²) in [7, 11) is 0. The van der Waals surface area contributed by atoms with Gasteiger partial charge in [-0.25, -0.2) is 0 Å². The number of halogens is 1. The van der Waals surface area contributed by atoms with Crippen LogP contribution in [0.4, 0.5) is 11.4 Å². The maximum Gasteiger partial charge on any atom is 0.311 e. The fourth-order valence-electron chi connectivity index (χ4n) is 3.52. The molecule has 1 fully saturated rings. The molecule has 2 aromatic rings. The fourth-order valence-corrected chi connectivity index (χ4v) is 3.70. The van der Waals surface area contributed by atoms with E-state index in [1.54, 1.807) is 30.0 Å². The first-order chi connectivity index (χ1) is 14.9. The second-order valence-corrected chi connectivity index (χ2v) is 8.15. The topological polar surface area (TPSA) is 75.7 Å². The average Bonchev–Trinajstić information content (AvgIpc) is 3.16. The molecule has 1 aliphatic heterocycles. The molecule has 6 nitrogen and oxygen atoms in total. The van der Waals surface area contributed by atoms with Gasteiger partial charge in [0.25, 0.3) is 5.91 Å². The summed E-state index contributed by atoms with van der Waals surface area (Å²) in [5.74, 6) is -1.72. The van der Waals surface area contributed by atoms with Crippen molar-refractivity contribution in [1.82, 2.24) is 0 Å². The van der Waals surface area contributed by atoms with Crippen LogP contribution in [-0.4, -0.2) is 30.9 Å². The number of aryl methyl sites for hydroxylation is 1. The third-order valence-corrected chi connectivity index (χ3v) is 5.82. The Morgan fingerprint density at radius 3 is 2.65 bits per heavy atom. The summed E-state index contributed by atoms with van der Waals surface area (Å²) in [5, 5.41) is 3.22. The van der Waals surface area contributed by atoms with Gasteiger partial charge in [-0.05, 0) is 55.2 Å². The number of carbonyl (C=O) groups excluding carboxylic acids is 3. The van der Waals surface area contributed by atoms with E-state index in [9.17, 15) is 14.4 Å². The summed E-state index contributed by atoms with van der Waals surface area (Å²) in [6, 6.07) is 13.1. The van der Waals surface area contributed by atoms with Gasteiger partial charge in [-0.15, -0.1) is 0 Å². The standard InChI is InChI=1S/C24H27ClN2O4/c1-3-4-6-17-9-11-19(12-10-17)27-14-18(13-23(27)29)24(30)31-15-22(28)26-21-8-5-7-20(25)16(21)2/h5,7-12,18H,3-4,6,13-15H2,1-2H3,(H,26,28)/t18-/m0/s1. The summed E-state index contributed by atoms with van der Waals surface area (Å²) in [6.07, 6.45) is 3.34. The van der Waals surface area contributed by atoms with Crippen LogP contribution in [0.3, 0.4) is 0 Å². The van der Waals surface area contributed by atoms with Gasteiger partial charge in [-0.3, -0.25) is 14.4 Å². The van der Waals surface area contributed by atoms with Gasteiger partial charge in [-0.1, -0.05) is 43.1 Å². The van der Waals surface area contributed by atoms with E-state index >= 15 is 0 Å². The van der Waals surface area contributed by atoms with Gasteiger partial charge >= 0.3 is 5.97 Å². The summed E-state index contributed by atoms with van der Waals surface area (Å²) in [6.45, 7) is 3.78. The van der Waals surface area contributed by atoms with Gasteiger partial charge in [0.15, 0.2) is 6.61 Å². The van der Waals surface area contributed by atoms with Crippen LogP contribution in [0.15, 0.2) is 42.5 Å². The van der Waals surface area contributed by atoms with Crippen molar-refractivity contribution in [3.63, 3.8) is 0 Å². The highest BCUT2D eigenvalue weighted by Gasteiger charge is 2.36. The number of carbonyl (C=O) groups is 3. The molecule has 1 saturated heterocycles. The summed E-state index contributed by atoms with van der Waals surface area (Å²) >= 11 is 6.05. The minimum absolute atomic E-state index is 0.0748. The van der Waals surface area contributed by atoms with Crippen molar-refractivity contribution in [3.8, 4) is 0 Å². The number of amides is 2. The zero-order valence-electron chi connectivity index (χ0n) is 17.8. The molecule has 1 heterocycles. The summed E-state index contributed by atoms with van der Waals surface area (Å²) in [5.41, 5.74) is 3.31. The SMILES string of the molecule is CCCCc1ccc(N2C[C@@H](C(=O)OCC(=O)Nc3cccc(Cl)c3C)CC2=O)cc1. The van der Waals surface area contributed by atoms with Crippen molar-refractivity contribution >= 4 is 40.8 Å². The van der Waals surface area contributed by atoms with E-state index in [2.05, 4.69) is 12.2 Å². The van der Waals surface area contributed by atoms with E-state index in [-0.39, 0.29) is 18.9 Å². The number of unbranched alkanes of at least 4 members (excludes halogenated alkanes) is 1. The van der Waals surface area contributed by atoms with Crippen LogP contribution in [0.1, 0.15) is 37.3 Å². The quantitative estimate of drug-likeness (QED) is 0.609. The van der Waals surface area contributed by atoms with E-state index in [0.29, 0.717) is 10.7 Å². The van der Waals surface area contributed by atoms with E-state index in [1.807, 2.05) is 24.3 Å². The van der Waals surface area contributed by atoms with E-state index < -0.39 is 24.4 Å². The lowest BCUT2D eigenvalue weighted by molar-refractivity contribution is -0.151. The monoisotopic (exact) mass is 442 g/mol. The molecule has 1 N–H and O–H groups in total. The largest absolute Gasteiger partial charge is 0.455 e. The first-order valence-corrected chi connectivity index (χ1v) is 10.9. The van der Waals surface area contributed by atoms with E-state index in [1.165, 1.54) is 5.56 Å². The van der Waals surface area contributed by atoms with Crippen molar-refractivity contribution in [2.75, 3.05) is 23.4 Å². The van der Waals surface area contributed by atoms with Gasteiger partial charge < -0.3 is 15.0 Å². The molecule has 2 aromatic carbocycles. The number of ether oxygens (including phenoxy) is 1. The van der Waals surface area contributed by atoms with Gasteiger partial charge in [0.05, 0.1) is 5.92 Å². The number of benzene rings is 2. The molecule has 0 saturated carbocycles. The lowest BCUT2D eigenvalue weighted by Gasteiger charge is -2.17. The number of hydrogen-bond acceptors (Lipinski definition) is 4. The fraction of sp³-hybridized carbons (Fsp3) is 0.375. The highest BCUT2D eigenvalue weighted by molar-refractivity contribution is 6.31. The number of nitrogens with zero attached hydrogens (tertiary/aromatic N) is 1. The van der Waals surface area contributed by atoms with Gasteiger partial charge in [-0.2, -0.15) is 0 Å². The lowest BCUT2D eigenvalue weighted by atomic mass is 10.1. The molecule has 0 bridgehead atoms. The molecular formula is C24H27ClN2O4. The van der Waals surface area contributed by atoms with Crippen molar-refractivity contribution in [3.05, 3.63) is 58.6 Å². The van der Waals surface area contributed by atoms with Crippen molar-refractivity contribution in [2.45, 2.75) is 39.5 Å². The highest BCUT2D eigenvalue weighted by Crippen LogP contribution is 2.27. The molecule has 31 heavy (non-hydrogen) atoms. The second kappa shape index (κ2) is 10.4. The molecule has 0 spiro atoms. The van der Waals surface area contributed by atoms with Gasteiger partial charge in [0.2, 0.25) is 5.91 Å².